The van der Waals surface area contributed by atoms with Gasteiger partial charge >= 0.3 is 13.6 Å². The first kappa shape index (κ1) is 20.8. The van der Waals surface area contributed by atoms with Gasteiger partial charge in [0, 0.05) is 12.2 Å². The van der Waals surface area contributed by atoms with Crippen LogP contribution in [0.25, 0.3) is 0 Å². The first-order chi connectivity index (χ1) is 12.9. The van der Waals surface area contributed by atoms with Gasteiger partial charge in [0.25, 0.3) is 0 Å². The van der Waals surface area contributed by atoms with Gasteiger partial charge in [-0.2, -0.15) is 0 Å². The average molecular weight is 374 g/mol. The number of nitrogens with zero attached hydrogens (tertiary/aromatic N) is 1. The third-order valence-electron chi connectivity index (χ3n) is 4.56. The van der Waals surface area contributed by atoms with Crippen molar-refractivity contribution in [3.8, 4) is 0 Å². The largest absolute Gasteiger partial charge is 0.453 e. The predicted molar refractivity (Wildman–Crippen MR) is 102 cm³/mol. The highest BCUT2D eigenvalue weighted by Gasteiger charge is 2.38. The number of nitrogens with one attached hydrogen (secondary N) is 2. The van der Waals surface area contributed by atoms with E-state index in [2.05, 4.69) is 15.4 Å². The molecule has 1 aromatic rings. The molecular formula is C18H25BN3O5. The fraction of sp³-hybridized carbons (Fsp3) is 0.500. The lowest BCUT2D eigenvalue weighted by Crippen LogP contribution is -2.54. The first-order valence-corrected chi connectivity index (χ1v) is 8.90. The van der Waals surface area contributed by atoms with Crippen LogP contribution in [-0.4, -0.2) is 61.1 Å². The lowest BCUT2D eigenvalue weighted by Gasteiger charge is -2.30. The number of carbonyl (C=O) groups excluding carboxylic acids is 3. The highest BCUT2D eigenvalue weighted by atomic mass is 16.5. The molecule has 1 heterocycles. The van der Waals surface area contributed by atoms with Crippen molar-refractivity contribution < 1.29 is 24.1 Å². The number of methoxy groups -OCH3 is 1. The molecule has 3 N–H and O–H groups in total. The van der Waals surface area contributed by atoms with Crippen molar-refractivity contribution in [3.63, 3.8) is 0 Å². The Labute approximate surface area is 159 Å². The van der Waals surface area contributed by atoms with Crippen LogP contribution in [0, 0.1) is 5.92 Å². The maximum Gasteiger partial charge on any atom is 0.407 e. The molecule has 2 atom stereocenters. The minimum Gasteiger partial charge on any atom is -0.453 e. The highest BCUT2D eigenvalue weighted by molar-refractivity contribution is 6.45. The molecule has 0 saturated carbocycles. The van der Waals surface area contributed by atoms with Crippen LogP contribution in [0.1, 0.15) is 26.7 Å². The van der Waals surface area contributed by atoms with Crippen LogP contribution in [-0.2, 0) is 14.3 Å². The summed E-state index contributed by atoms with van der Waals surface area (Å²) in [5, 5.41) is 14.3. The summed E-state index contributed by atoms with van der Waals surface area (Å²) in [5.41, 5.74) is 1.21. The summed E-state index contributed by atoms with van der Waals surface area (Å²) >= 11 is 0. The first-order valence-electron chi connectivity index (χ1n) is 8.90. The fourth-order valence-electron chi connectivity index (χ4n) is 3.06. The summed E-state index contributed by atoms with van der Waals surface area (Å²) in [6.07, 6.45) is 0.594. The number of hydrogen-bond acceptors (Lipinski definition) is 5. The van der Waals surface area contributed by atoms with Gasteiger partial charge in [0.2, 0.25) is 11.8 Å². The molecule has 1 aliphatic rings. The Morgan fingerprint density at radius 3 is 2.48 bits per heavy atom. The monoisotopic (exact) mass is 374 g/mol. The second-order valence-electron chi connectivity index (χ2n) is 6.79. The van der Waals surface area contributed by atoms with Crippen LogP contribution in [0.5, 0.6) is 0 Å². The number of alkyl carbamates (subject to hydrolysis) is 1. The van der Waals surface area contributed by atoms with Crippen LogP contribution >= 0.6 is 0 Å². The maximum absolute atomic E-state index is 12.9. The van der Waals surface area contributed by atoms with Gasteiger partial charge in [-0.1, -0.05) is 31.4 Å². The van der Waals surface area contributed by atoms with Gasteiger partial charge in [0.1, 0.15) is 12.1 Å². The molecule has 27 heavy (non-hydrogen) atoms. The van der Waals surface area contributed by atoms with E-state index >= 15 is 0 Å². The van der Waals surface area contributed by atoms with E-state index in [-0.39, 0.29) is 17.7 Å². The molecule has 145 valence electrons. The number of hydrogen-bond donors (Lipinski definition) is 3. The molecular weight excluding hydrogens is 349 g/mol. The molecule has 0 spiro atoms. The molecule has 0 bridgehead atoms. The zero-order valence-corrected chi connectivity index (χ0v) is 15.8. The van der Waals surface area contributed by atoms with E-state index in [1.54, 1.807) is 24.3 Å². The van der Waals surface area contributed by atoms with E-state index in [1.807, 2.05) is 13.8 Å². The minimum absolute atomic E-state index is 0.150. The quantitative estimate of drug-likeness (QED) is 0.618. The van der Waals surface area contributed by atoms with Gasteiger partial charge < -0.3 is 25.3 Å². The van der Waals surface area contributed by atoms with Crippen molar-refractivity contribution in [2.24, 2.45) is 5.92 Å². The van der Waals surface area contributed by atoms with Gasteiger partial charge in [0.15, 0.2) is 0 Å². The van der Waals surface area contributed by atoms with Crippen molar-refractivity contribution in [2.75, 3.05) is 19.0 Å². The van der Waals surface area contributed by atoms with Gasteiger partial charge in [-0.15, -0.1) is 0 Å². The number of rotatable bonds is 6. The van der Waals surface area contributed by atoms with E-state index < -0.39 is 18.2 Å². The lowest BCUT2D eigenvalue weighted by molar-refractivity contribution is -0.139. The van der Waals surface area contributed by atoms with Gasteiger partial charge in [-0.3, -0.25) is 9.59 Å². The van der Waals surface area contributed by atoms with Crippen LogP contribution in [0.4, 0.5) is 10.5 Å². The summed E-state index contributed by atoms with van der Waals surface area (Å²) in [7, 11) is 2.21. The molecule has 0 aromatic heterocycles. The maximum atomic E-state index is 12.9. The topological polar surface area (TPSA) is 108 Å². The normalized spacial score (nSPS) is 17.4. The smallest absolute Gasteiger partial charge is 0.407 e. The third-order valence-corrected chi connectivity index (χ3v) is 4.56. The molecule has 2 rings (SSSR count). The Balaban J connectivity index is 2.08. The summed E-state index contributed by atoms with van der Waals surface area (Å²) in [4.78, 5) is 38.7. The fourth-order valence-corrected chi connectivity index (χ4v) is 3.06. The Morgan fingerprint density at radius 1 is 1.26 bits per heavy atom. The zero-order valence-electron chi connectivity index (χ0n) is 15.8. The molecule has 3 amide bonds. The van der Waals surface area contributed by atoms with E-state index in [0.29, 0.717) is 30.5 Å². The van der Waals surface area contributed by atoms with Crippen LogP contribution in [0.3, 0.4) is 0 Å². The molecule has 0 unspecified atom stereocenters. The zero-order chi connectivity index (χ0) is 20.0. The van der Waals surface area contributed by atoms with Crippen LogP contribution in [0.2, 0.25) is 0 Å². The Morgan fingerprint density at radius 2 is 1.93 bits per heavy atom. The Bertz CT molecular complexity index is 680. The number of benzene rings is 1. The van der Waals surface area contributed by atoms with Crippen molar-refractivity contribution in [1.29, 1.82) is 0 Å². The average Bonchev–Trinajstić information content (AvgIpc) is 3.15. The van der Waals surface area contributed by atoms with Crippen molar-refractivity contribution in [1.82, 2.24) is 10.2 Å². The molecule has 9 heteroatoms. The molecule has 1 aliphatic heterocycles. The van der Waals surface area contributed by atoms with Crippen LogP contribution < -0.4 is 16.1 Å². The lowest BCUT2D eigenvalue weighted by atomic mass is 9.89. The number of anilines is 1. The van der Waals surface area contributed by atoms with E-state index in [0.717, 1.165) is 7.48 Å². The van der Waals surface area contributed by atoms with Crippen molar-refractivity contribution in [3.05, 3.63) is 24.3 Å². The van der Waals surface area contributed by atoms with E-state index in [4.69, 9.17) is 5.02 Å². The molecule has 1 aromatic carbocycles. The number of carbonyl (C=O) groups is 3. The number of likely N-dealkylation sites (tertiary alicyclic amines) is 1. The Hall–Kier alpha value is -2.55. The second kappa shape index (κ2) is 9.41. The van der Waals surface area contributed by atoms with Gasteiger partial charge in [0.05, 0.1) is 7.11 Å². The van der Waals surface area contributed by atoms with Gasteiger partial charge in [-0.25, -0.2) is 4.79 Å². The molecule has 1 saturated heterocycles. The van der Waals surface area contributed by atoms with Crippen molar-refractivity contribution in [2.45, 2.75) is 38.8 Å². The summed E-state index contributed by atoms with van der Waals surface area (Å²) in [5.74, 6) is -0.719. The van der Waals surface area contributed by atoms with Gasteiger partial charge in [-0.05, 0) is 30.9 Å². The van der Waals surface area contributed by atoms with Crippen molar-refractivity contribution >= 4 is 36.5 Å². The summed E-state index contributed by atoms with van der Waals surface area (Å²) < 4.78 is 4.60. The second-order valence-corrected chi connectivity index (χ2v) is 6.79. The third kappa shape index (κ3) is 5.23. The molecule has 0 aliphatic carbocycles. The number of ether oxygens (including phenoxy) is 1. The SMILES string of the molecule is COC(=O)N[C@H](C(=O)N1CCC[C@H]1C(=O)Nc1ccc([B]O)cc1)C(C)C. The van der Waals surface area contributed by atoms with E-state index in [9.17, 15) is 14.4 Å². The van der Waals surface area contributed by atoms with E-state index in [1.165, 1.54) is 12.0 Å². The molecule has 1 fully saturated rings. The number of amides is 3. The standard InChI is InChI=1S/C18H25BN3O5/c1-11(2)15(21-18(25)27-3)17(24)22-10-4-5-14(22)16(23)20-13-8-6-12(19-26)7-9-13/h6-9,11,14-15,26H,4-5,10H2,1-3H3,(H,20,23)(H,21,25)/t14-,15-/m0/s1. The summed E-state index contributed by atoms with van der Waals surface area (Å²) in [6, 6.07) is 5.34. The molecule has 1 radical (unpaired) electrons. The Kier molecular flexibility index (Phi) is 7.23. The predicted octanol–water partition coefficient (Wildman–Crippen LogP) is 0.234. The summed E-state index contributed by atoms with van der Waals surface area (Å²) in [6.45, 7) is 4.11. The van der Waals surface area contributed by atoms with Crippen LogP contribution in [0.15, 0.2) is 24.3 Å². The molecule has 8 nitrogen and oxygen atoms in total. The minimum atomic E-state index is -0.759. The highest BCUT2D eigenvalue weighted by Crippen LogP contribution is 2.21.